The van der Waals surface area contributed by atoms with E-state index in [1.807, 2.05) is 23.1 Å². The number of nitrogens with one attached hydrogen (secondary N) is 2. The smallest absolute Gasteiger partial charge is 0.246 e. The highest BCUT2D eigenvalue weighted by Crippen LogP contribution is 2.27. The predicted octanol–water partition coefficient (Wildman–Crippen LogP) is 3.30. The van der Waals surface area contributed by atoms with E-state index in [0.717, 1.165) is 31.6 Å². The van der Waals surface area contributed by atoms with E-state index in [2.05, 4.69) is 46.1 Å². The van der Waals surface area contributed by atoms with Crippen LogP contribution < -0.4 is 15.5 Å². The summed E-state index contributed by atoms with van der Waals surface area (Å²) in [6, 6.07) is 12.4. The highest BCUT2D eigenvalue weighted by Gasteiger charge is 2.23. The van der Waals surface area contributed by atoms with Crippen molar-refractivity contribution in [3.8, 4) is 0 Å². The lowest BCUT2D eigenvalue weighted by atomic mass is 10.1. The molecule has 0 fully saturated rings. The Morgan fingerprint density at radius 3 is 2.81 bits per heavy atom. The zero-order valence-electron chi connectivity index (χ0n) is 15.8. The first-order valence-corrected chi connectivity index (χ1v) is 9.90. The van der Waals surface area contributed by atoms with Crippen LogP contribution in [0.4, 0.5) is 5.69 Å². The molecule has 0 radical (unpaired) electrons. The average Bonchev–Trinajstić information content (AvgIpc) is 3.31. The van der Waals surface area contributed by atoms with E-state index in [9.17, 15) is 4.79 Å². The van der Waals surface area contributed by atoms with Crippen LogP contribution in [0.15, 0.2) is 46.8 Å². The number of hydrogen-bond donors (Lipinski definition) is 2. The van der Waals surface area contributed by atoms with Gasteiger partial charge < -0.3 is 15.5 Å². The minimum absolute atomic E-state index is 0. The normalized spacial score (nSPS) is 14.3. The van der Waals surface area contributed by atoms with Gasteiger partial charge in [0.05, 0.1) is 6.54 Å². The number of guanidine groups is 1. The first kappa shape index (κ1) is 21.7. The molecule has 0 bridgehead atoms. The number of anilines is 1. The Hall–Kier alpha value is -1.61. The third-order valence-electron chi connectivity index (χ3n) is 4.57. The molecule has 1 atom stereocenters. The van der Waals surface area contributed by atoms with Crippen molar-refractivity contribution in [3.05, 3.63) is 52.2 Å². The van der Waals surface area contributed by atoms with Crippen molar-refractivity contribution in [3.63, 3.8) is 0 Å². The fraction of sp³-hybridized carbons (Fsp3) is 0.400. The number of para-hydroxylation sites is 1. The summed E-state index contributed by atoms with van der Waals surface area (Å²) in [5, 5.41) is 8.57. The lowest BCUT2D eigenvalue weighted by molar-refractivity contribution is -0.117. The molecule has 0 spiro atoms. The number of benzene rings is 1. The second-order valence-electron chi connectivity index (χ2n) is 6.62. The Balaban J connectivity index is 0.00000261. The van der Waals surface area contributed by atoms with Crippen molar-refractivity contribution >= 4 is 52.9 Å². The van der Waals surface area contributed by atoms with Crippen molar-refractivity contribution in [2.75, 3.05) is 31.6 Å². The lowest BCUT2D eigenvalue weighted by Gasteiger charge is -2.19. The van der Waals surface area contributed by atoms with Crippen LogP contribution in [0, 0.1) is 5.92 Å². The molecular weight excluding hydrogens is 471 g/mol. The topological polar surface area (TPSA) is 56.7 Å². The Kier molecular flexibility index (Phi) is 8.56. The summed E-state index contributed by atoms with van der Waals surface area (Å²) in [6.45, 7) is 4.03. The molecule has 0 aliphatic carbocycles. The number of fused-ring (bicyclic) bond motifs is 1. The van der Waals surface area contributed by atoms with Crippen LogP contribution in [-0.4, -0.2) is 38.5 Å². The third kappa shape index (κ3) is 5.93. The van der Waals surface area contributed by atoms with Gasteiger partial charge in [0.1, 0.15) is 0 Å². The van der Waals surface area contributed by atoms with E-state index in [4.69, 9.17) is 0 Å². The maximum Gasteiger partial charge on any atom is 0.246 e. The first-order valence-electron chi connectivity index (χ1n) is 9.02. The van der Waals surface area contributed by atoms with E-state index in [1.165, 1.54) is 10.4 Å². The molecule has 0 saturated heterocycles. The summed E-state index contributed by atoms with van der Waals surface area (Å²) in [5.41, 5.74) is 2.28. The minimum Gasteiger partial charge on any atom is -0.356 e. The first-order chi connectivity index (χ1) is 12.7. The maximum atomic E-state index is 12.6. The van der Waals surface area contributed by atoms with Crippen molar-refractivity contribution in [2.24, 2.45) is 10.9 Å². The van der Waals surface area contributed by atoms with Crippen LogP contribution in [0.5, 0.6) is 0 Å². The van der Waals surface area contributed by atoms with Crippen molar-refractivity contribution in [1.82, 2.24) is 10.6 Å². The molecule has 5 nitrogen and oxygen atoms in total. The Morgan fingerprint density at radius 2 is 2.07 bits per heavy atom. The van der Waals surface area contributed by atoms with Gasteiger partial charge in [-0.1, -0.05) is 31.2 Å². The summed E-state index contributed by atoms with van der Waals surface area (Å²) in [4.78, 5) is 20.0. The van der Waals surface area contributed by atoms with Crippen molar-refractivity contribution < 1.29 is 4.79 Å². The molecule has 1 unspecified atom stereocenters. The summed E-state index contributed by atoms with van der Waals surface area (Å²) >= 11 is 1.79. The van der Waals surface area contributed by atoms with Crippen molar-refractivity contribution in [1.29, 1.82) is 0 Å². The number of carbonyl (C=O) groups excluding carboxylic acids is 1. The fourth-order valence-corrected chi connectivity index (χ4v) is 4.06. The number of aliphatic imine (C=N–C) groups is 1. The molecule has 3 rings (SSSR count). The van der Waals surface area contributed by atoms with Gasteiger partial charge >= 0.3 is 0 Å². The molecular formula is C20H27IN4OS. The molecule has 1 aromatic heterocycles. The van der Waals surface area contributed by atoms with Crippen LogP contribution in [0.1, 0.15) is 17.4 Å². The molecule has 2 N–H and O–H groups in total. The van der Waals surface area contributed by atoms with E-state index in [1.54, 1.807) is 18.4 Å². The number of halogens is 1. The van der Waals surface area contributed by atoms with E-state index in [-0.39, 0.29) is 36.4 Å². The number of hydrogen-bond acceptors (Lipinski definition) is 3. The van der Waals surface area contributed by atoms with Crippen LogP contribution >= 0.6 is 35.3 Å². The van der Waals surface area contributed by atoms with Gasteiger partial charge in [-0.25, -0.2) is 0 Å². The Bertz CT molecular complexity index is 763. The second-order valence-corrected chi connectivity index (χ2v) is 7.65. The molecule has 1 aromatic carbocycles. The van der Waals surface area contributed by atoms with Gasteiger partial charge in [-0.05, 0) is 41.8 Å². The molecule has 27 heavy (non-hydrogen) atoms. The minimum atomic E-state index is 0. The van der Waals surface area contributed by atoms with Gasteiger partial charge in [0.25, 0.3) is 0 Å². The summed E-state index contributed by atoms with van der Waals surface area (Å²) < 4.78 is 0. The number of thiophene rings is 1. The molecule has 1 aliphatic rings. The summed E-state index contributed by atoms with van der Waals surface area (Å²) in [5.74, 6) is 1.24. The van der Waals surface area contributed by atoms with E-state index in [0.29, 0.717) is 11.9 Å². The monoisotopic (exact) mass is 498 g/mol. The molecule has 1 amide bonds. The van der Waals surface area contributed by atoms with Gasteiger partial charge in [0.2, 0.25) is 5.91 Å². The highest BCUT2D eigenvalue weighted by atomic mass is 127. The molecule has 1 aliphatic heterocycles. The Morgan fingerprint density at radius 1 is 1.26 bits per heavy atom. The molecule has 7 heteroatoms. The van der Waals surface area contributed by atoms with Gasteiger partial charge in [-0.2, -0.15) is 0 Å². The number of rotatable bonds is 6. The summed E-state index contributed by atoms with van der Waals surface area (Å²) in [6.07, 6.45) is 1.97. The van der Waals surface area contributed by atoms with Crippen molar-refractivity contribution in [2.45, 2.75) is 19.8 Å². The highest BCUT2D eigenvalue weighted by molar-refractivity contribution is 14.0. The maximum absolute atomic E-state index is 12.6. The quantitative estimate of drug-likeness (QED) is 0.365. The lowest BCUT2D eigenvalue weighted by Crippen LogP contribution is -2.45. The predicted molar refractivity (Wildman–Crippen MR) is 124 cm³/mol. The molecule has 0 saturated carbocycles. The van der Waals surface area contributed by atoms with Crippen LogP contribution in [0.3, 0.4) is 0 Å². The molecule has 146 valence electrons. The SMILES string of the molecule is CN=C(NCC(=O)N1CCc2ccccc21)NCC(C)Cc1cccs1.I. The van der Waals surface area contributed by atoms with E-state index < -0.39 is 0 Å². The zero-order chi connectivity index (χ0) is 18.4. The number of carbonyl (C=O) groups is 1. The standard InChI is InChI=1S/C20H26N4OS.HI/c1-15(12-17-7-5-11-26-17)13-22-20(21-2)23-14-19(25)24-10-9-16-6-3-4-8-18(16)24;/h3-8,11,15H,9-10,12-14H2,1-2H3,(H2,21,22,23);1H. The number of nitrogens with zero attached hydrogens (tertiary/aromatic N) is 2. The molecule has 2 aromatic rings. The second kappa shape index (κ2) is 10.7. The summed E-state index contributed by atoms with van der Waals surface area (Å²) in [7, 11) is 1.73. The van der Waals surface area contributed by atoms with Gasteiger partial charge in [0.15, 0.2) is 5.96 Å². The zero-order valence-corrected chi connectivity index (χ0v) is 18.9. The fourth-order valence-electron chi connectivity index (χ4n) is 3.19. The van der Waals surface area contributed by atoms with Gasteiger partial charge in [0, 0.05) is 30.7 Å². The largest absolute Gasteiger partial charge is 0.356 e. The van der Waals surface area contributed by atoms with Gasteiger partial charge in [-0.3, -0.25) is 9.79 Å². The van der Waals surface area contributed by atoms with Crippen LogP contribution in [-0.2, 0) is 17.6 Å². The number of amides is 1. The third-order valence-corrected chi connectivity index (χ3v) is 5.47. The average molecular weight is 498 g/mol. The Labute approximate surface area is 182 Å². The van der Waals surface area contributed by atoms with Crippen LogP contribution in [0.2, 0.25) is 0 Å². The molecule has 2 heterocycles. The van der Waals surface area contributed by atoms with Crippen LogP contribution in [0.25, 0.3) is 0 Å². The van der Waals surface area contributed by atoms with E-state index >= 15 is 0 Å². The van der Waals surface area contributed by atoms with Gasteiger partial charge in [-0.15, -0.1) is 35.3 Å².